The minimum absolute atomic E-state index is 0.326. The SMILES string of the molecule is CNCCc1ccc(S(=O)(=O)NCCCCCOC)cc1. The van der Waals surface area contributed by atoms with E-state index in [0.29, 0.717) is 11.4 Å². The summed E-state index contributed by atoms with van der Waals surface area (Å²) in [6.45, 7) is 2.07. The second-order valence-electron chi connectivity index (χ2n) is 4.95. The molecule has 0 aromatic heterocycles. The first kappa shape index (κ1) is 18.1. The summed E-state index contributed by atoms with van der Waals surface area (Å²) >= 11 is 0. The van der Waals surface area contributed by atoms with Gasteiger partial charge >= 0.3 is 0 Å². The molecular weight excluding hydrogens is 288 g/mol. The third-order valence-electron chi connectivity index (χ3n) is 3.21. The van der Waals surface area contributed by atoms with Gasteiger partial charge in [-0.15, -0.1) is 0 Å². The zero-order chi connectivity index (χ0) is 15.6. The van der Waals surface area contributed by atoms with Crippen LogP contribution in [0.3, 0.4) is 0 Å². The zero-order valence-electron chi connectivity index (χ0n) is 12.9. The number of unbranched alkanes of at least 4 members (excludes halogenated alkanes) is 2. The van der Waals surface area contributed by atoms with Gasteiger partial charge in [0, 0.05) is 20.3 Å². The van der Waals surface area contributed by atoms with E-state index in [0.717, 1.165) is 44.4 Å². The summed E-state index contributed by atoms with van der Waals surface area (Å²) < 4.78 is 31.8. The van der Waals surface area contributed by atoms with Gasteiger partial charge in [0.1, 0.15) is 0 Å². The monoisotopic (exact) mass is 314 g/mol. The first-order chi connectivity index (χ1) is 10.1. The Bertz CT molecular complexity index is 486. The van der Waals surface area contributed by atoms with Crippen molar-refractivity contribution in [1.29, 1.82) is 0 Å². The number of rotatable bonds is 11. The molecule has 0 bridgehead atoms. The maximum Gasteiger partial charge on any atom is 0.240 e. The van der Waals surface area contributed by atoms with Crippen LogP contribution in [0.2, 0.25) is 0 Å². The van der Waals surface area contributed by atoms with E-state index in [1.165, 1.54) is 0 Å². The average Bonchev–Trinajstić information content (AvgIpc) is 2.49. The molecule has 0 saturated carbocycles. The molecule has 120 valence electrons. The Hall–Kier alpha value is -0.950. The molecule has 21 heavy (non-hydrogen) atoms. The predicted octanol–water partition coefficient (Wildman–Crippen LogP) is 1.54. The summed E-state index contributed by atoms with van der Waals surface area (Å²) in [6.07, 6.45) is 3.63. The van der Waals surface area contributed by atoms with Crippen LogP contribution in [0.1, 0.15) is 24.8 Å². The molecule has 1 aromatic carbocycles. The Morgan fingerprint density at radius 1 is 1.05 bits per heavy atom. The zero-order valence-corrected chi connectivity index (χ0v) is 13.7. The first-order valence-electron chi connectivity index (χ1n) is 7.32. The molecule has 0 aliphatic heterocycles. The van der Waals surface area contributed by atoms with Crippen LogP contribution in [0.25, 0.3) is 0 Å². The van der Waals surface area contributed by atoms with Gasteiger partial charge in [0.25, 0.3) is 0 Å². The molecule has 0 aliphatic rings. The number of hydrogen-bond donors (Lipinski definition) is 2. The summed E-state index contributed by atoms with van der Waals surface area (Å²) in [5.74, 6) is 0. The van der Waals surface area contributed by atoms with E-state index in [2.05, 4.69) is 10.0 Å². The highest BCUT2D eigenvalue weighted by Gasteiger charge is 2.12. The lowest BCUT2D eigenvalue weighted by Gasteiger charge is -2.08. The minimum atomic E-state index is -3.39. The third-order valence-corrected chi connectivity index (χ3v) is 4.69. The van der Waals surface area contributed by atoms with Gasteiger partial charge in [0.2, 0.25) is 10.0 Å². The van der Waals surface area contributed by atoms with E-state index in [1.54, 1.807) is 19.2 Å². The lowest BCUT2D eigenvalue weighted by molar-refractivity contribution is 0.192. The highest BCUT2D eigenvalue weighted by atomic mass is 32.2. The van der Waals surface area contributed by atoms with Crippen LogP contribution >= 0.6 is 0 Å². The van der Waals surface area contributed by atoms with Crippen molar-refractivity contribution in [3.05, 3.63) is 29.8 Å². The van der Waals surface area contributed by atoms with Crippen LogP contribution in [0, 0.1) is 0 Å². The Balaban J connectivity index is 2.42. The van der Waals surface area contributed by atoms with Gasteiger partial charge in [0.15, 0.2) is 0 Å². The first-order valence-corrected chi connectivity index (χ1v) is 8.80. The average molecular weight is 314 g/mol. The van der Waals surface area contributed by atoms with Crippen molar-refractivity contribution in [2.75, 3.05) is 33.9 Å². The number of benzene rings is 1. The van der Waals surface area contributed by atoms with Crippen molar-refractivity contribution >= 4 is 10.0 Å². The van der Waals surface area contributed by atoms with Crippen LogP contribution in [-0.4, -0.2) is 42.3 Å². The molecule has 2 N–H and O–H groups in total. The fourth-order valence-electron chi connectivity index (χ4n) is 1.94. The van der Waals surface area contributed by atoms with Gasteiger partial charge < -0.3 is 10.1 Å². The number of sulfonamides is 1. The fourth-order valence-corrected chi connectivity index (χ4v) is 3.02. The van der Waals surface area contributed by atoms with Crippen LogP contribution in [0.4, 0.5) is 0 Å². The molecule has 0 unspecified atom stereocenters. The van der Waals surface area contributed by atoms with Crippen LogP contribution in [-0.2, 0) is 21.2 Å². The topological polar surface area (TPSA) is 67.4 Å². The van der Waals surface area contributed by atoms with E-state index in [9.17, 15) is 8.42 Å². The molecule has 6 heteroatoms. The standard InChI is InChI=1S/C15H26N2O3S/c1-16-12-10-14-6-8-15(9-7-14)21(18,19)17-11-4-3-5-13-20-2/h6-9,16-17H,3-5,10-13H2,1-2H3. The molecule has 0 amide bonds. The number of nitrogens with one attached hydrogen (secondary N) is 2. The fraction of sp³-hybridized carbons (Fsp3) is 0.600. The van der Waals surface area contributed by atoms with E-state index in [-0.39, 0.29) is 0 Å². The van der Waals surface area contributed by atoms with Crippen molar-refractivity contribution < 1.29 is 13.2 Å². The van der Waals surface area contributed by atoms with Gasteiger partial charge in [0.05, 0.1) is 4.90 Å². The Morgan fingerprint density at radius 3 is 2.38 bits per heavy atom. The Labute approximate surface area is 128 Å². The summed E-state index contributed by atoms with van der Waals surface area (Å²) in [6, 6.07) is 7.06. The smallest absolute Gasteiger partial charge is 0.240 e. The molecule has 0 spiro atoms. The molecule has 5 nitrogen and oxygen atoms in total. The highest BCUT2D eigenvalue weighted by molar-refractivity contribution is 7.89. The summed E-state index contributed by atoms with van der Waals surface area (Å²) in [5.41, 5.74) is 1.13. The molecule has 0 heterocycles. The summed E-state index contributed by atoms with van der Waals surface area (Å²) in [4.78, 5) is 0.326. The van der Waals surface area contributed by atoms with Gasteiger partial charge in [-0.25, -0.2) is 13.1 Å². The molecule has 0 aliphatic carbocycles. The minimum Gasteiger partial charge on any atom is -0.385 e. The number of likely N-dealkylation sites (N-methyl/N-ethyl adjacent to an activating group) is 1. The van der Waals surface area contributed by atoms with Gasteiger partial charge in [-0.1, -0.05) is 12.1 Å². The van der Waals surface area contributed by atoms with E-state index in [1.807, 2.05) is 19.2 Å². The van der Waals surface area contributed by atoms with Crippen LogP contribution in [0.15, 0.2) is 29.2 Å². The van der Waals surface area contributed by atoms with E-state index >= 15 is 0 Å². The van der Waals surface area contributed by atoms with Gasteiger partial charge in [-0.3, -0.25) is 0 Å². The van der Waals surface area contributed by atoms with Crippen molar-refractivity contribution in [3.8, 4) is 0 Å². The lowest BCUT2D eigenvalue weighted by atomic mass is 10.1. The third kappa shape index (κ3) is 7.04. The Kier molecular flexibility index (Phi) is 8.52. The van der Waals surface area contributed by atoms with Crippen molar-refractivity contribution in [2.24, 2.45) is 0 Å². The van der Waals surface area contributed by atoms with Crippen molar-refractivity contribution in [2.45, 2.75) is 30.6 Å². The maximum atomic E-state index is 12.1. The van der Waals surface area contributed by atoms with Gasteiger partial charge in [-0.05, 0) is 57.0 Å². The quantitative estimate of drug-likeness (QED) is 0.608. The van der Waals surface area contributed by atoms with Crippen molar-refractivity contribution in [1.82, 2.24) is 10.0 Å². The molecule has 0 atom stereocenters. The van der Waals surface area contributed by atoms with Gasteiger partial charge in [-0.2, -0.15) is 0 Å². The molecule has 1 aromatic rings. The molecule has 0 fully saturated rings. The molecular formula is C15H26N2O3S. The number of hydrogen-bond acceptors (Lipinski definition) is 4. The van der Waals surface area contributed by atoms with E-state index < -0.39 is 10.0 Å². The number of ether oxygens (including phenoxy) is 1. The van der Waals surface area contributed by atoms with Crippen LogP contribution in [0.5, 0.6) is 0 Å². The summed E-state index contributed by atoms with van der Waals surface area (Å²) in [5, 5.41) is 3.07. The molecule has 0 radical (unpaired) electrons. The second-order valence-corrected chi connectivity index (χ2v) is 6.72. The number of methoxy groups -OCH3 is 1. The molecule has 0 saturated heterocycles. The highest BCUT2D eigenvalue weighted by Crippen LogP contribution is 2.11. The normalized spacial score (nSPS) is 11.7. The maximum absolute atomic E-state index is 12.1. The molecule has 1 rings (SSSR count). The van der Waals surface area contributed by atoms with Crippen molar-refractivity contribution in [3.63, 3.8) is 0 Å². The summed E-state index contributed by atoms with van der Waals surface area (Å²) in [7, 11) is 0.181. The predicted molar refractivity (Wildman–Crippen MR) is 85.0 cm³/mol. The lowest BCUT2D eigenvalue weighted by Crippen LogP contribution is -2.24. The van der Waals surface area contributed by atoms with E-state index in [4.69, 9.17) is 4.74 Å². The van der Waals surface area contributed by atoms with Crippen LogP contribution < -0.4 is 10.0 Å². The largest absolute Gasteiger partial charge is 0.385 e. The second kappa shape index (κ2) is 9.89. The Morgan fingerprint density at radius 2 is 1.76 bits per heavy atom.